The second-order valence-electron chi connectivity index (χ2n) is 7.18. The summed E-state index contributed by atoms with van der Waals surface area (Å²) in [5.74, 6) is -0.592. The van der Waals surface area contributed by atoms with Crippen LogP contribution in [0.15, 0.2) is 29.2 Å². The molecule has 0 bridgehead atoms. The van der Waals surface area contributed by atoms with Crippen molar-refractivity contribution in [1.82, 2.24) is 4.31 Å². The van der Waals surface area contributed by atoms with Crippen LogP contribution >= 0.6 is 0 Å². The predicted molar refractivity (Wildman–Crippen MR) is 90.1 cm³/mol. The van der Waals surface area contributed by atoms with Crippen molar-refractivity contribution < 1.29 is 17.9 Å². The van der Waals surface area contributed by atoms with Gasteiger partial charge in [0.25, 0.3) is 0 Å². The Labute approximate surface area is 144 Å². The van der Waals surface area contributed by atoms with Crippen molar-refractivity contribution in [2.75, 3.05) is 19.8 Å². The highest BCUT2D eigenvalue weighted by atomic mass is 32.2. The van der Waals surface area contributed by atoms with Gasteiger partial charge in [-0.25, -0.2) is 8.42 Å². The van der Waals surface area contributed by atoms with E-state index in [1.807, 2.05) is 19.1 Å². The quantitative estimate of drug-likeness (QED) is 0.822. The molecular formula is C18H25NO4S. The van der Waals surface area contributed by atoms with Crippen LogP contribution in [-0.4, -0.2) is 44.3 Å². The third kappa shape index (κ3) is 2.60. The first-order valence-electron chi connectivity index (χ1n) is 8.89. The molecule has 6 heteroatoms. The predicted octanol–water partition coefficient (Wildman–Crippen LogP) is 2.69. The molecule has 1 aliphatic carbocycles. The maximum absolute atomic E-state index is 13.2. The average Bonchev–Trinajstić information content (AvgIpc) is 3.06. The number of nitrogens with zero attached hydrogens (tertiary/aromatic N) is 1. The molecule has 5 nitrogen and oxygen atoms in total. The van der Waals surface area contributed by atoms with Crippen molar-refractivity contribution in [3.8, 4) is 0 Å². The minimum absolute atomic E-state index is 0.00518. The molecule has 132 valence electrons. The number of hydrogen-bond acceptors (Lipinski definition) is 4. The lowest BCUT2D eigenvalue weighted by atomic mass is 9.98. The van der Waals surface area contributed by atoms with E-state index in [0.29, 0.717) is 24.7 Å². The van der Waals surface area contributed by atoms with Gasteiger partial charge in [0.05, 0.1) is 24.7 Å². The summed E-state index contributed by atoms with van der Waals surface area (Å²) in [6.45, 7) is 3.59. The highest BCUT2D eigenvalue weighted by Crippen LogP contribution is 2.49. The summed E-state index contributed by atoms with van der Waals surface area (Å²) in [6.07, 6.45) is 4.85. The van der Waals surface area contributed by atoms with Crippen LogP contribution in [0.25, 0.3) is 0 Å². The highest BCUT2D eigenvalue weighted by Gasteiger charge is 2.59. The third-order valence-corrected chi connectivity index (χ3v) is 7.53. The fourth-order valence-electron chi connectivity index (χ4n) is 4.40. The minimum Gasteiger partial charge on any atom is -0.348 e. The molecule has 3 aliphatic rings. The molecular weight excluding hydrogens is 326 g/mol. The van der Waals surface area contributed by atoms with Crippen molar-refractivity contribution in [2.45, 2.75) is 55.8 Å². The lowest BCUT2D eigenvalue weighted by Gasteiger charge is -2.32. The van der Waals surface area contributed by atoms with Crippen LogP contribution in [0.2, 0.25) is 0 Å². The van der Waals surface area contributed by atoms with Crippen LogP contribution in [0.5, 0.6) is 0 Å². The molecule has 2 saturated heterocycles. The number of sulfonamides is 1. The first-order chi connectivity index (χ1) is 11.5. The van der Waals surface area contributed by atoms with Crippen molar-refractivity contribution in [2.24, 2.45) is 5.92 Å². The number of aryl methyl sites for hydroxylation is 1. The fraction of sp³-hybridized carbons (Fsp3) is 0.667. The Morgan fingerprint density at radius 1 is 1.04 bits per heavy atom. The fourth-order valence-corrected chi connectivity index (χ4v) is 6.11. The van der Waals surface area contributed by atoms with Gasteiger partial charge in [0.15, 0.2) is 5.79 Å². The molecule has 0 N–H and O–H groups in total. The van der Waals surface area contributed by atoms with Gasteiger partial charge in [0, 0.05) is 12.0 Å². The van der Waals surface area contributed by atoms with E-state index in [4.69, 9.17) is 9.47 Å². The molecule has 0 unspecified atom stereocenters. The van der Waals surface area contributed by atoms with Crippen LogP contribution in [0, 0.1) is 12.8 Å². The van der Waals surface area contributed by atoms with Gasteiger partial charge in [-0.3, -0.25) is 0 Å². The monoisotopic (exact) mass is 351 g/mol. The first-order valence-corrected chi connectivity index (χ1v) is 10.3. The molecule has 24 heavy (non-hydrogen) atoms. The van der Waals surface area contributed by atoms with E-state index in [1.165, 1.54) is 0 Å². The standard InChI is InChI=1S/C18H25NO4S/c1-14-7-9-15(10-8-14)24(20,21)19-13-18(16-5-4-6-17(16)19)22-11-2-3-12-23-18/h7-10,16-17H,2-6,11-13H2,1H3/t16-,17+/m1/s1. The lowest BCUT2D eigenvalue weighted by Crippen LogP contribution is -2.44. The summed E-state index contributed by atoms with van der Waals surface area (Å²) in [5.41, 5.74) is 1.06. The van der Waals surface area contributed by atoms with Gasteiger partial charge in [-0.1, -0.05) is 24.1 Å². The number of rotatable bonds is 2. The Morgan fingerprint density at radius 3 is 2.38 bits per heavy atom. The van der Waals surface area contributed by atoms with Crippen LogP contribution in [0.3, 0.4) is 0 Å². The Balaban J connectivity index is 1.69. The van der Waals surface area contributed by atoms with E-state index in [9.17, 15) is 8.42 Å². The van der Waals surface area contributed by atoms with Gasteiger partial charge in [-0.2, -0.15) is 4.31 Å². The normalized spacial score (nSPS) is 30.4. The first kappa shape index (κ1) is 16.5. The molecule has 0 aromatic heterocycles. The van der Waals surface area contributed by atoms with Crippen molar-refractivity contribution >= 4 is 10.0 Å². The molecule has 2 atom stereocenters. The minimum atomic E-state index is -3.52. The Hall–Kier alpha value is -0.950. The summed E-state index contributed by atoms with van der Waals surface area (Å²) in [5, 5.41) is 0. The maximum atomic E-state index is 13.2. The van der Waals surface area contributed by atoms with E-state index in [-0.39, 0.29) is 12.0 Å². The Kier molecular flexibility index (Phi) is 4.19. The van der Waals surface area contributed by atoms with E-state index >= 15 is 0 Å². The van der Waals surface area contributed by atoms with Crippen molar-refractivity contribution in [1.29, 1.82) is 0 Å². The van der Waals surface area contributed by atoms with Gasteiger partial charge in [0.1, 0.15) is 0 Å². The summed E-state index contributed by atoms with van der Waals surface area (Å²) in [4.78, 5) is 0.365. The van der Waals surface area contributed by atoms with Crippen LogP contribution < -0.4 is 0 Å². The Bertz CT molecular complexity index is 692. The second kappa shape index (κ2) is 6.09. The molecule has 2 heterocycles. The summed E-state index contributed by atoms with van der Waals surface area (Å²) in [6, 6.07) is 7.10. The molecule has 1 saturated carbocycles. The molecule has 1 spiro atoms. The second-order valence-corrected chi connectivity index (χ2v) is 9.07. The zero-order valence-corrected chi connectivity index (χ0v) is 14.9. The zero-order valence-electron chi connectivity index (χ0n) is 14.1. The van der Waals surface area contributed by atoms with Crippen molar-refractivity contribution in [3.63, 3.8) is 0 Å². The maximum Gasteiger partial charge on any atom is 0.243 e. The summed E-state index contributed by atoms with van der Waals surface area (Å²) < 4.78 is 40.3. The molecule has 3 fully saturated rings. The SMILES string of the molecule is Cc1ccc(S(=O)(=O)N2CC3(OCCCCO3)[C@@H]3CCC[C@@H]32)cc1. The molecule has 1 aromatic rings. The largest absolute Gasteiger partial charge is 0.348 e. The summed E-state index contributed by atoms with van der Waals surface area (Å²) in [7, 11) is -3.52. The van der Waals surface area contributed by atoms with Gasteiger partial charge < -0.3 is 9.47 Å². The van der Waals surface area contributed by atoms with E-state index in [1.54, 1.807) is 16.4 Å². The number of ether oxygens (including phenoxy) is 2. The van der Waals surface area contributed by atoms with E-state index < -0.39 is 15.8 Å². The van der Waals surface area contributed by atoms with E-state index in [2.05, 4.69) is 0 Å². The molecule has 2 aliphatic heterocycles. The van der Waals surface area contributed by atoms with E-state index in [0.717, 1.165) is 37.7 Å². The zero-order chi connectivity index (χ0) is 16.8. The highest BCUT2D eigenvalue weighted by molar-refractivity contribution is 7.89. The third-order valence-electron chi connectivity index (χ3n) is 5.65. The number of fused-ring (bicyclic) bond motifs is 2. The van der Waals surface area contributed by atoms with Gasteiger partial charge in [-0.05, 0) is 44.7 Å². The number of hydrogen-bond donors (Lipinski definition) is 0. The average molecular weight is 351 g/mol. The topological polar surface area (TPSA) is 55.8 Å². The number of benzene rings is 1. The smallest absolute Gasteiger partial charge is 0.243 e. The van der Waals surface area contributed by atoms with Crippen LogP contribution in [-0.2, 0) is 19.5 Å². The Morgan fingerprint density at radius 2 is 1.71 bits per heavy atom. The molecule has 0 radical (unpaired) electrons. The van der Waals surface area contributed by atoms with Gasteiger partial charge in [0.2, 0.25) is 10.0 Å². The van der Waals surface area contributed by atoms with Crippen molar-refractivity contribution in [3.05, 3.63) is 29.8 Å². The summed E-state index contributed by atoms with van der Waals surface area (Å²) >= 11 is 0. The molecule has 1 aromatic carbocycles. The van der Waals surface area contributed by atoms with Gasteiger partial charge >= 0.3 is 0 Å². The van der Waals surface area contributed by atoms with Crippen LogP contribution in [0.1, 0.15) is 37.7 Å². The molecule has 0 amide bonds. The lowest BCUT2D eigenvalue weighted by molar-refractivity contribution is -0.237. The van der Waals surface area contributed by atoms with Crippen LogP contribution in [0.4, 0.5) is 0 Å². The van der Waals surface area contributed by atoms with Gasteiger partial charge in [-0.15, -0.1) is 0 Å². The molecule has 4 rings (SSSR count).